The normalized spacial score (nSPS) is 12.7. The molecular weight excluding hydrogens is 554 g/mol. The maximum atomic E-state index is 12.9. The van der Waals surface area contributed by atoms with E-state index in [9.17, 15) is 44.7 Å². The molecule has 0 aliphatic heterocycles. The Morgan fingerprint density at radius 2 is 1.26 bits per heavy atom. The highest BCUT2D eigenvalue weighted by Crippen LogP contribution is 2.45. The van der Waals surface area contributed by atoms with Crippen molar-refractivity contribution in [1.82, 2.24) is 0 Å². The zero-order valence-electron chi connectivity index (χ0n) is 19.5. The van der Waals surface area contributed by atoms with Crippen molar-refractivity contribution >= 4 is 38.5 Å². The molecule has 0 aromatic heterocycles. The summed E-state index contributed by atoms with van der Waals surface area (Å²) >= 11 is 0. The molecule has 0 radical (unpaired) electrons. The molecule has 0 spiro atoms. The third-order valence-electron chi connectivity index (χ3n) is 6.12. The van der Waals surface area contributed by atoms with Crippen molar-refractivity contribution in [3.05, 3.63) is 78.4 Å². The van der Waals surface area contributed by atoms with Crippen LogP contribution in [-0.2, 0) is 15.7 Å². The minimum absolute atomic E-state index is 0.104. The van der Waals surface area contributed by atoms with Crippen LogP contribution in [0.3, 0.4) is 0 Å². The van der Waals surface area contributed by atoms with Crippen LogP contribution in [0.2, 0.25) is 0 Å². The number of aliphatic hydroxyl groups is 1. The first-order valence-electron chi connectivity index (χ1n) is 11.1. The number of carbonyl (C=O) groups is 1. The molecule has 0 heterocycles. The summed E-state index contributed by atoms with van der Waals surface area (Å²) in [7, 11) is -3.17. The van der Waals surface area contributed by atoms with Crippen molar-refractivity contribution in [1.29, 1.82) is 0 Å². The fourth-order valence-corrected chi connectivity index (χ4v) is 4.52. The molecule has 4 aromatic carbocycles. The van der Waals surface area contributed by atoms with E-state index in [0.717, 1.165) is 0 Å². The standard InChI is InChI=1S/C26H18F6O6S/c27-25(28,29)24(34,26(30,31)32)13-14-37-23(33)21-12-11-19(15-5-1-2-6-18(15)21)16-7-3-9-20-17(16)8-4-10-22(20)38-39(35)36/h1-12,34,39H,13-14H2. The van der Waals surface area contributed by atoms with Gasteiger partial charge in [0.25, 0.3) is 16.6 Å². The van der Waals surface area contributed by atoms with E-state index in [1.165, 1.54) is 24.3 Å². The van der Waals surface area contributed by atoms with Gasteiger partial charge in [-0.15, -0.1) is 0 Å². The molecule has 6 nitrogen and oxygen atoms in total. The summed E-state index contributed by atoms with van der Waals surface area (Å²) in [6.45, 7) is -1.35. The van der Waals surface area contributed by atoms with Crippen molar-refractivity contribution in [3.63, 3.8) is 0 Å². The van der Waals surface area contributed by atoms with Crippen LogP contribution in [0.5, 0.6) is 5.75 Å². The highest BCUT2D eigenvalue weighted by atomic mass is 32.2. The third-order valence-corrected chi connectivity index (χ3v) is 6.47. The van der Waals surface area contributed by atoms with Crippen molar-refractivity contribution in [2.45, 2.75) is 24.4 Å². The van der Waals surface area contributed by atoms with Gasteiger partial charge in [0.1, 0.15) is 5.75 Å². The number of esters is 1. The van der Waals surface area contributed by atoms with E-state index in [1.54, 1.807) is 48.5 Å². The third kappa shape index (κ3) is 5.36. The number of hydrogen-bond donors (Lipinski definition) is 2. The minimum Gasteiger partial charge on any atom is -0.462 e. The van der Waals surface area contributed by atoms with E-state index in [2.05, 4.69) is 0 Å². The van der Waals surface area contributed by atoms with Gasteiger partial charge in [-0.2, -0.15) is 34.8 Å². The molecule has 0 saturated carbocycles. The van der Waals surface area contributed by atoms with Crippen molar-refractivity contribution in [3.8, 4) is 16.9 Å². The van der Waals surface area contributed by atoms with Gasteiger partial charge in [-0.05, 0) is 39.4 Å². The first-order valence-corrected chi connectivity index (χ1v) is 12.2. The molecule has 0 fully saturated rings. The van der Waals surface area contributed by atoms with Gasteiger partial charge in [-0.3, -0.25) is 0 Å². The predicted octanol–water partition coefficient (Wildman–Crippen LogP) is 5.97. The Kier molecular flexibility index (Phi) is 7.50. The lowest BCUT2D eigenvalue weighted by Crippen LogP contribution is -2.57. The lowest BCUT2D eigenvalue weighted by molar-refractivity contribution is -0.371. The van der Waals surface area contributed by atoms with Crippen LogP contribution in [0.25, 0.3) is 32.7 Å². The molecule has 0 aliphatic carbocycles. The molecule has 13 heteroatoms. The fourth-order valence-electron chi connectivity index (χ4n) is 4.20. The number of halogens is 6. The quantitative estimate of drug-likeness (QED) is 0.161. The maximum absolute atomic E-state index is 12.9. The molecule has 206 valence electrons. The first-order chi connectivity index (χ1) is 18.2. The van der Waals surface area contributed by atoms with Crippen LogP contribution < -0.4 is 4.18 Å². The lowest BCUT2D eigenvalue weighted by atomic mass is 9.92. The summed E-state index contributed by atoms with van der Waals surface area (Å²) in [6, 6.07) is 19.1. The summed E-state index contributed by atoms with van der Waals surface area (Å²) in [4.78, 5) is 12.7. The second-order valence-electron chi connectivity index (χ2n) is 8.42. The van der Waals surface area contributed by atoms with Crippen molar-refractivity contribution in [2.24, 2.45) is 0 Å². The molecule has 1 N–H and O–H groups in total. The number of carbonyl (C=O) groups excluding carboxylic acids is 1. The number of hydrogen-bond acceptors (Lipinski definition) is 6. The van der Waals surface area contributed by atoms with Crippen LogP contribution in [0.1, 0.15) is 16.8 Å². The monoisotopic (exact) mass is 572 g/mol. The summed E-state index contributed by atoms with van der Waals surface area (Å²) in [5, 5.41) is 11.2. The minimum atomic E-state index is -6.03. The highest BCUT2D eigenvalue weighted by Gasteiger charge is 2.70. The molecule has 4 aromatic rings. The average Bonchev–Trinajstić information content (AvgIpc) is 2.86. The summed E-state index contributed by atoms with van der Waals surface area (Å²) < 4.78 is 109. The molecular formula is C26H18F6O6S. The molecule has 0 aliphatic rings. The van der Waals surface area contributed by atoms with E-state index in [1.807, 2.05) is 0 Å². The van der Waals surface area contributed by atoms with E-state index in [4.69, 9.17) is 8.92 Å². The number of fused-ring (bicyclic) bond motifs is 2. The molecule has 0 saturated heterocycles. The van der Waals surface area contributed by atoms with Crippen LogP contribution in [0.4, 0.5) is 26.3 Å². The lowest BCUT2D eigenvalue weighted by Gasteiger charge is -2.32. The molecule has 0 atom stereocenters. The summed E-state index contributed by atoms with van der Waals surface area (Å²) in [5.74, 6) is -1.08. The van der Waals surface area contributed by atoms with Gasteiger partial charge in [0, 0.05) is 11.8 Å². The van der Waals surface area contributed by atoms with Crippen LogP contribution >= 0.6 is 0 Å². The largest absolute Gasteiger partial charge is 0.462 e. The van der Waals surface area contributed by atoms with E-state index in [0.29, 0.717) is 32.7 Å². The van der Waals surface area contributed by atoms with Gasteiger partial charge in [-0.1, -0.05) is 60.7 Å². The zero-order chi connectivity index (χ0) is 28.6. The van der Waals surface area contributed by atoms with E-state index >= 15 is 0 Å². The number of benzene rings is 4. The van der Waals surface area contributed by atoms with Crippen LogP contribution in [0, 0.1) is 0 Å². The second kappa shape index (κ2) is 10.4. The second-order valence-corrected chi connectivity index (χ2v) is 9.05. The highest BCUT2D eigenvalue weighted by molar-refractivity contribution is 7.67. The Morgan fingerprint density at radius 1 is 0.718 bits per heavy atom. The number of rotatable bonds is 7. The Labute approximate surface area is 218 Å². The average molecular weight is 572 g/mol. The van der Waals surface area contributed by atoms with Crippen LogP contribution in [0.15, 0.2) is 72.8 Å². The smallest absolute Gasteiger partial charge is 0.426 e. The first kappa shape index (κ1) is 28.2. The Morgan fingerprint density at radius 3 is 1.90 bits per heavy atom. The summed E-state index contributed by atoms with van der Waals surface area (Å²) in [6.07, 6.45) is -14.0. The van der Waals surface area contributed by atoms with Crippen molar-refractivity contribution < 1.29 is 53.6 Å². The van der Waals surface area contributed by atoms with E-state index < -0.39 is 47.9 Å². The number of alkyl halides is 6. The Hall–Kier alpha value is -3.84. The fraction of sp³-hybridized carbons (Fsp3) is 0.192. The van der Waals surface area contributed by atoms with Crippen molar-refractivity contribution in [2.75, 3.05) is 6.61 Å². The molecule has 0 unspecified atom stereocenters. The Bertz CT molecular complexity index is 1610. The SMILES string of the molecule is O=C(OCCC(O)(C(F)(F)F)C(F)(F)F)c1ccc(-c2cccc3c(O[SH](=O)=O)cccc23)c2ccccc12. The topological polar surface area (TPSA) is 89.9 Å². The molecule has 0 amide bonds. The molecule has 39 heavy (non-hydrogen) atoms. The molecule has 0 bridgehead atoms. The number of ether oxygens (including phenoxy) is 1. The number of thiol groups is 1. The van der Waals surface area contributed by atoms with E-state index in [-0.39, 0.29) is 11.3 Å². The van der Waals surface area contributed by atoms with Gasteiger partial charge >= 0.3 is 18.3 Å². The molecule has 4 rings (SSSR count). The van der Waals surface area contributed by atoms with Crippen LogP contribution in [-0.4, -0.2) is 44.1 Å². The van der Waals surface area contributed by atoms with Gasteiger partial charge in [0.2, 0.25) is 0 Å². The Balaban J connectivity index is 1.70. The maximum Gasteiger partial charge on any atom is 0.426 e. The van der Waals surface area contributed by atoms with Gasteiger partial charge < -0.3 is 14.0 Å². The van der Waals surface area contributed by atoms with Gasteiger partial charge in [0.15, 0.2) is 0 Å². The predicted molar refractivity (Wildman–Crippen MR) is 130 cm³/mol. The van der Waals surface area contributed by atoms with Gasteiger partial charge in [-0.25, -0.2) is 4.79 Å². The van der Waals surface area contributed by atoms with Gasteiger partial charge in [0.05, 0.1) is 12.2 Å². The zero-order valence-corrected chi connectivity index (χ0v) is 20.4. The summed E-state index contributed by atoms with van der Waals surface area (Å²) in [5.41, 5.74) is -3.93.